The van der Waals surface area contributed by atoms with E-state index in [1.165, 1.54) is 38.5 Å². The molecule has 1 aromatic heterocycles. The molecular weight excluding hydrogens is 262 g/mol. The summed E-state index contributed by atoms with van der Waals surface area (Å²) >= 11 is 0. The predicted molar refractivity (Wildman–Crippen MR) is 87.4 cm³/mol. The Kier molecular flexibility index (Phi) is 8.09. The van der Waals surface area contributed by atoms with E-state index in [-0.39, 0.29) is 5.91 Å². The number of unbranched alkanes of at least 4 members (excludes halogenated alkanes) is 6. The second-order valence-corrected chi connectivity index (χ2v) is 5.92. The summed E-state index contributed by atoms with van der Waals surface area (Å²) in [5.41, 5.74) is 3.11. The number of aryl methyl sites for hydroxylation is 2. The lowest BCUT2D eigenvalue weighted by molar-refractivity contribution is -0.120. The summed E-state index contributed by atoms with van der Waals surface area (Å²) < 4.78 is 1.84. The van der Waals surface area contributed by atoms with Crippen molar-refractivity contribution in [3.05, 3.63) is 17.0 Å². The Morgan fingerprint density at radius 2 is 1.71 bits per heavy atom. The number of amides is 1. The van der Waals surface area contributed by atoms with Crippen molar-refractivity contribution in [2.75, 3.05) is 6.54 Å². The predicted octanol–water partition coefficient (Wildman–Crippen LogP) is 3.45. The van der Waals surface area contributed by atoms with Gasteiger partial charge in [-0.05, 0) is 20.3 Å². The highest BCUT2D eigenvalue weighted by Crippen LogP contribution is 2.12. The first-order valence-electron chi connectivity index (χ1n) is 8.32. The molecule has 1 rings (SSSR count). The van der Waals surface area contributed by atoms with Gasteiger partial charge >= 0.3 is 0 Å². The zero-order valence-corrected chi connectivity index (χ0v) is 14.2. The maximum atomic E-state index is 12.0. The lowest BCUT2D eigenvalue weighted by Gasteiger charge is -2.06. The molecule has 0 saturated heterocycles. The molecule has 120 valence electrons. The molecule has 0 bridgehead atoms. The van der Waals surface area contributed by atoms with Crippen molar-refractivity contribution in [1.82, 2.24) is 15.1 Å². The van der Waals surface area contributed by atoms with Crippen LogP contribution in [0.2, 0.25) is 0 Å². The highest BCUT2D eigenvalue weighted by molar-refractivity contribution is 5.79. The SMILES string of the molecule is CCCCCCCCCNC(=O)Cc1c(C)nn(C)c1C. The van der Waals surface area contributed by atoms with E-state index in [9.17, 15) is 4.79 Å². The minimum atomic E-state index is 0.111. The largest absolute Gasteiger partial charge is 0.356 e. The molecule has 21 heavy (non-hydrogen) atoms. The monoisotopic (exact) mass is 293 g/mol. The molecule has 0 aliphatic rings. The molecule has 1 N–H and O–H groups in total. The molecule has 1 heterocycles. The first-order chi connectivity index (χ1) is 10.1. The van der Waals surface area contributed by atoms with Gasteiger partial charge in [-0.2, -0.15) is 5.10 Å². The molecule has 0 aliphatic carbocycles. The van der Waals surface area contributed by atoms with Crippen LogP contribution in [0.1, 0.15) is 68.8 Å². The molecule has 0 atom stereocenters. The molecule has 0 aliphatic heterocycles. The first-order valence-corrected chi connectivity index (χ1v) is 8.32. The maximum absolute atomic E-state index is 12.0. The van der Waals surface area contributed by atoms with E-state index in [4.69, 9.17) is 0 Å². The number of aromatic nitrogens is 2. The lowest BCUT2D eigenvalue weighted by atomic mass is 10.1. The molecule has 0 unspecified atom stereocenters. The van der Waals surface area contributed by atoms with Gasteiger partial charge in [0.05, 0.1) is 12.1 Å². The Hall–Kier alpha value is -1.32. The van der Waals surface area contributed by atoms with Crippen LogP contribution >= 0.6 is 0 Å². The van der Waals surface area contributed by atoms with Gasteiger partial charge in [0, 0.05) is 24.8 Å². The van der Waals surface area contributed by atoms with Crippen molar-refractivity contribution in [1.29, 1.82) is 0 Å². The molecular formula is C17H31N3O. The second kappa shape index (κ2) is 9.59. The Morgan fingerprint density at radius 1 is 1.10 bits per heavy atom. The molecule has 0 spiro atoms. The number of hydrogen-bond acceptors (Lipinski definition) is 2. The number of carbonyl (C=O) groups is 1. The van der Waals surface area contributed by atoms with Crippen LogP contribution in [0.25, 0.3) is 0 Å². The van der Waals surface area contributed by atoms with E-state index in [0.29, 0.717) is 6.42 Å². The van der Waals surface area contributed by atoms with Crippen LogP contribution in [-0.2, 0) is 18.3 Å². The number of nitrogens with one attached hydrogen (secondary N) is 1. The maximum Gasteiger partial charge on any atom is 0.224 e. The molecule has 1 amide bonds. The zero-order valence-electron chi connectivity index (χ0n) is 14.2. The average molecular weight is 293 g/mol. The smallest absolute Gasteiger partial charge is 0.224 e. The summed E-state index contributed by atoms with van der Waals surface area (Å²) in [7, 11) is 1.92. The third-order valence-electron chi connectivity index (χ3n) is 4.10. The van der Waals surface area contributed by atoms with Gasteiger partial charge in [-0.15, -0.1) is 0 Å². The minimum Gasteiger partial charge on any atom is -0.356 e. The van der Waals surface area contributed by atoms with Crippen molar-refractivity contribution in [3.8, 4) is 0 Å². The van der Waals surface area contributed by atoms with Crippen molar-refractivity contribution in [2.24, 2.45) is 7.05 Å². The van der Waals surface area contributed by atoms with Crippen LogP contribution in [-0.4, -0.2) is 22.2 Å². The third kappa shape index (κ3) is 6.32. The van der Waals surface area contributed by atoms with Gasteiger partial charge < -0.3 is 5.32 Å². The summed E-state index contributed by atoms with van der Waals surface area (Å²) in [4.78, 5) is 12.0. The second-order valence-electron chi connectivity index (χ2n) is 5.92. The summed E-state index contributed by atoms with van der Waals surface area (Å²) in [6.07, 6.45) is 9.36. The summed E-state index contributed by atoms with van der Waals surface area (Å²) in [5, 5.41) is 7.37. The highest BCUT2D eigenvalue weighted by atomic mass is 16.1. The number of rotatable bonds is 10. The van der Waals surface area contributed by atoms with Crippen molar-refractivity contribution in [2.45, 2.75) is 72.1 Å². The Balaban J connectivity index is 2.14. The fourth-order valence-corrected chi connectivity index (χ4v) is 2.61. The van der Waals surface area contributed by atoms with E-state index in [1.54, 1.807) is 0 Å². The topological polar surface area (TPSA) is 46.9 Å². The van der Waals surface area contributed by atoms with E-state index in [0.717, 1.165) is 29.9 Å². The fraction of sp³-hybridized carbons (Fsp3) is 0.765. The van der Waals surface area contributed by atoms with Crippen LogP contribution in [0.4, 0.5) is 0 Å². The van der Waals surface area contributed by atoms with E-state index < -0.39 is 0 Å². The quantitative estimate of drug-likeness (QED) is 0.672. The molecule has 4 heteroatoms. The van der Waals surface area contributed by atoms with Gasteiger partial charge in [-0.25, -0.2) is 0 Å². The van der Waals surface area contributed by atoms with Gasteiger partial charge in [0.2, 0.25) is 5.91 Å². The molecule has 0 radical (unpaired) electrons. The van der Waals surface area contributed by atoms with Crippen LogP contribution in [0, 0.1) is 13.8 Å². The Labute approximate surface area is 129 Å². The van der Waals surface area contributed by atoms with E-state index in [2.05, 4.69) is 17.3 Å². The van der Waals surface area contributed by atoms with Crippen LogP contribution in [0.15, 0.2) is 0 Å². The van der Waals surface area contributed by atoms with Gasteiger partial charge in [-0.1, -0.05) is 45.4 Å². The number of hydrogen-bond donors (Lipinski definition) is 1. The summed E-state index contributed by atoms with van der Waals surface area (Å²) in [6, 6.07) is 0. The molecule has 0 aromatic carbocycles. The third-order valence-corrected chi connectivity index (χ3v) is 4.10. The van der Waals surface area contributed by atoms with Crippen LogP contribution < -0.4 is 5.32 Å². The normalized spacial score (nSPS) is 10.9. The minimum absolute atomic E-state index is 0.111. The Bertz CT molecular complexity index is 437. The number of nitrogens with zero attached hydrogens (tertiary/aromatic N) is 2. The first kappa shape index (κ1) is 17.7. The fourth-order valence-electron chi connectivity index (χ4n) is 2.61. The zero-order chi connectivity index (χ0) is 15.7. The summed E-state index contributed by atoms with van der Waals surface area (Å²) in [6.45, 7) is 7.01. The standard InChI is InChI=1S/C17H31N3O/c1-5-6-7-8-9-10-11-12-18-17(21)13-16-14(2)19-20(4)15(16)3/h5-13H2,1-4H3,(H,18,21). The molecule has 0 saturated carbocycles. The average Bonchev–Trinajstić information content (AvgIpc) is 2.68. The highest BCUT2D eigenvalue weighted by Gasteiger charge is 2.12. The lowest BCUT2D eigenvalue weighted by Crippen LogP contribution is -2.26. The molecule has 1 aromatic rings. The van der Waals surface area contributed by atoms with Gasteiger partial charge in [0.15, 0.2) is 0 Å². The van der Waals surface area contributed by atoms with Gasteiger partial charge in [-0.3, -0.25) is 9.48 Å². The van der Waals surface area contributed by atoms with E-state index >= 15 is 0 Å². The van der Waals surface area contributed by atoms with Crippen LogP contribution in [0.5, 0.6) is 0 Å². The van der Waals surface area contributed by atoms with Gasteiger partial charge in [0.1, 0.15) is 0 Å². The van der Waals surface area contributed by atoms with Crippen molar-refractivity contribution >= 4 is 5.91 Å². The number of carbonyl (C=O) groups excluding carboxylic acids is 1. The molecule has 0 fully saturated rings. The van der Waals surface area contributed by atoms with Crippen molar-refractivity contribution in [3.63, 3.8) is 0 Å². The van der Waals surface area contributed by atoms with E-state index in [1.807, 2.05) is 25.6 Å². The molecule has 4 nitrogen and oxygen atoms in total. The van der Waals surface area contributed by atoms with Crippen molar-refractivity contribution < 1.29 is 4.79 Å². The Morgan fingerprint density at radius 3 is 2.29 bits per heavy atom. The van der Waals surface area contributed by atoms with Crippen LogP contribution in [0.3, 0.4) is 0 Å². The summed E-state index contributed by atoms with van der Waals surface area (Å²) in [5.74, 6) is 0.111. The van der Waals surface area contributed by atoms with Gasteiger partial charge in [0.25, 0.3) is 0 Å².